The summed E-state index contributed by atoms with van der Waals surface area (Å²) in [6.07, 6.45) is 3.57. The maximum atomic E-state index is 5.37. The van der Waals surface area contributed by atoms with E-state index in [9.17, 15) is 0 Å². The largest absolute Gasteiger partial charge is 0.481 e. The molecule has 0 saturated heterocycles. The normalized spacial score (nSPS) is 10.5. The molecule has 2 aromatic heterocycles. The van der Waals surface area contributed by atoms with Crippen LogP contribution in [-0.2, 0) is 0 Å². The number of para-hydroxylation sites is 1. The zero-order chi connectivity index (χ0) is 12.4. The van der Waals surface area contributed by atoms with Crippen molar-refractivity contribution >= 4 is 10.9 Å². The minimum atomic E-state index is 0.627. The molecule has 0 saturated carbocycles. The maximum Gasteiger partial charge on any atom is 0.221 e. The van der Waals surface area contributed by atoms with Crippen LogP contribution in [0.5, 0.6) is 5.88 Å². The summed E-state index contributed by atoms with van der Waals surface area (Å²) in [5.41, 5.74) is 2.90. The van der Waals surface area contributed by atoms with Crippen molar-refractivity contribution in [2.24, 2.45) is 0 Å². The van der Waals surface area contributed by atoms with Gasteiger partial charge in [-0.15, -0.1) is 0 Å². The Morgan fingerprint density at radius 2 is 1.94 bits per heavy atom. The Labute approximate surface area is 105 Å². The van der Waals surface area contributed by atoms with Crippen molar-refractivity contribution in [3.63, 3.8) is 0 Å². The van der Waals surface area contributed by atoms with Crippen molar-refractivity contribution in [3.8, 4) is 17.0 Å². The standard InChI is InChI=1S/C15H12N2O/c1-18-15-13(12-6-4-8-16-10-12)9-11-5-2-3-7-14(11)17-15/h2-10H,1H3. The molecule has 0 bridgehead atoms. The molecular formula is C15H12N2O. The highest BCUT2D eigenvalue weighted by Crippen LogP contribution is 2.30. The Balaban J connectivity index is 2.27. The molecule has 0 aliphatic carbocycles. The van der Waals surface area contributed by atoms with E-state index < -0.39 is 0 Å². The highest BCUT2D eigenvalue weighted by atomic mass is 16.5. The van der Waals surface area contributed by atoms with Crippen LogP contribution in [0.3, 0.4) is 0 Å². The van der Waals surface area contributed by atoms with Gasteiger partial charge in [0.1, 0.15) is 0 Å². The predicted octanol–water partition coefficient (Wildman–Crippen LogP) is 3.31. The number of aromatic nitrogens is 2. The summed E-state index contributed by atoms with van der Waals surface area (Å²) in [7, 11) is 1.64. The van der Waals surface area contributed by atoms with Crippen LogP contribution in [0.2, 0.25) is 0 Å². The van der Waals surface area contributed by atoms with Gasteiger partial charge in [-0.2, -0.15) is 0 Å². The molecule has 88 valence electrons. The monoisotopic (exact) mass is 236 g/mol. The first-order chi connectivity index (χ1) is 8.88. The van der Waals surface area contributed by atoms with E-state index in [2.05, 4.69) is 16.0 Å². The van der Waals surface area contributed by atoms with Gasteiger partial charge in [-0.05, 0) is 18.2 Å². The molecule has 3 nitrogen and oxygen atoms in total. The van der Waals surface area contributed by atoms with E-state index in [-0.39, 0.29) is 0 Å². The Hall–Kier alpha value is -2.42. The molecule has 0 aliphatic heterocycles. The number of hydrogen-bond donors (Lipinski definition) is 0. The highest BCUT2D eigenvalue weighted by Gasteiger charge is 2.09. The lowest BCUT2D eigenvalue weighted by atomic mass is 10.1. The second-order valence-electron chi connectivity index (χ2n) is 3.98. The number of fused-ring (bicyclic) bond motifs is 1. The fourth-order valence-electron chi connectivity index (χ4n) is 1.98. The third-order valence-corrected chi connectivity index (χ3v) is 2.85. The Morgan fingerprint density at radius 3 is 2.72 bits per heavy atom. The minimum Gasteiger partial charge on any atom is -0.481 e. The summed E-state index contributed by atoms with van der Waals surface area (Å²) in [6, 6.07) is 14.0. The lowest BCUT2D eigenvalue weighted by molar-refractivity contribution is 0.401. The molecule has 0 unspecified atom stereocenters. The van der Waals surface area contributed by atoms with Gasteiger partial charge in [0.15, 0.2) is 0 Å². The molecule has 0 amide bonds. The van der Waals surface area contributed by atoms with Crippen LogP contribution in [-0.4, -0.2) is 17.1 Å². The van der Waals surface area contributed by atoms with Crippen molar-refractivity contribution < 1.29 is 4.74 Å². The zero-order valence-electron chi connectivity index (χ0n) is 10.00. The minimum absolute atomic E-state index is 0.627. The summed E-state index contributed by atoms with van der Waals surface area (Å²) >= 11 is 0. The molecule has 1 aromatic carbocycles. The van der Waals surface area contributed by atoms with E-state index >= 15 is 0 Å². The van der Waals surface area contributed by atoms with Crippen LogP contribution in [0.4, 0.5) is 0 Å². The molecule has 0 radical (unpaired) electrons. The van der Waals surface area contributed by atoms with Gasteiger partial charge in [-0.3, -0.25) is 4.98 Å². The average molecular weight is 236 g/mol. The van der Waals surface area contributed by atoms with Gasteiger partial charge in [-0.1, -0.05) is 24.3 Å². The Bertz CT molecular complexity index is 680. The smallest absolute Gasteiger partial charge is 0.221 e. The molecule has 0 atom stereocenters. The third-order valence-electron chi connectivity index (χ3n) is 2.85. The lowest BCUT2D eigenvalue weighted by Gasteiger charge is -2.09. The first kappa shape index (κ1) is 10.7. The SMILES string of the molecule is COc1nc2ccccc2cc1-c1cccnc1. The molecule has 3 rings (SSSR count). The lowest BCUT2D eigenvalue weighted by Crippen LogP contribution is -1.93. The van der Waals surface area contributed by atoms with E-state index in [4.69, 9.17) is 4.74 Å². The average Bonchev–Trinajstić information content (AvgIpc) is 2.46. The van der Waals surface area contributed by atoms with Gasteiger partial charge in [-0.25, -0.2) is 4.98 Å². The quantitative estimate of drug-likeness (QED) is 0.684. The van der Waals surface area contributed by atoms with Gasteiger partial charge in [0.2, 0.25) is 5.88 Å². The van der Waals surface area contributed by atoms with Crippen LogP contribution < -0.4 is 4.74 Å². The van der Waals surface area contributed by atoms with E-state index in [1.165, 1.54) is 0 Å². The maximum absolute atomic E-state index is 5.37. The van der Waals surface area contributed by atoms with Gasteiger partial charge >= 0.3 is 0 Å². The van der Waals surface area contributed by atoms with Gasteiger partial charge < -0.3 is 4.74 Å². The van der Waals surface area contributed by atoms with Crippen molar-refractivity contribution in [1.29, 1.82) is 0 Å². The molecule has 3 heteroatoms. The topological polar surface area (TPSA) is 35.0 Å². The molecular weight excluding hydrogens is 224 g/mol. The molecule has 0 fully saturated rings. The number of benzene rings is 1. The predicted molar refractivity (Wildman–Crippen MR) is 71.5 cm³/mol. The fraction of sp³-hybridized carbons (Fsp3) is 0.0667. The van der Waals surface area contributed by atoms with Crippen molar-refractivity contribution in [2.45, 2.75) is 0 Å². The second kappa shape index (κ2) is 4.45. The third kappa shape index (κ3) is 1.80. The molecule has 0 spiro atoms. The van der Waals surface area contributed by atoms with Crippen LogP contribution in [0.25, 0.3) is 22.0 Å². The van der Waals surface area contributed by atoms with Gasteiger partial charge in [0.05, 0.1) is 12.6 Å². The number of pyridine rings is 2. The number of hydrogen-bond acceptors (Lipinski definition) is 3. The van der Waals surface area contributed by atoms with E-state index in [0.717, 1.165) is 22.0 Å². The molecule has 2 heterocycles. The number of rotatable bonds is 2. The Morgan fingerprint density at radius 1 is 1.06 bits per heavy atom. The van der Waals surface area contributed by atoms with Crippen molar-refractivity contribution in [3.05, 3.63) is 54.9 Å². The first-order valence-corrected chi connectivity index (χ1v) is 5.72. The summed E-state index contributed by atoms with van der Waals surface area (Å²) in [5.74, 6) is 0.627. The fourth-order valence-corrected chi connectivity index (χ4v) is 1.98. The van der Waals surface area contributed by atoms with Crippen LogP contribution in [0, 0.1) is 0 Å². The number of methoxy groups -OCH3 is 1. The second-order valence-corrected chi connectivity index (χ2v) is 3.98. The zero-order valence-corrected chi connectivity index (χ0v) is 10.00. The van der Waals surface area contributed by atoms with Crippen molar-refractivity contribution in [2.75, 3.05) is 7.11 Å². The first-order valence-electron chi connectivity index (χ1n) is 5.72. The van der Waals surface area contributed by atoms with E-state index in [1.54, 1.807) is 13.3 Å². The van der Waals surface area contributed by atoms with Crippen LogP contribution >= 0.6 is 0 Å². The van der Waals surface area contributed by atoms with E-state index in [1.807, 2.05) is 42.6 Å². The number of ether oxygens (including phenoxy) is 1. The summed E-state index contributed by atoms with van der Waals surface area (Å²) in [6.45, 7) is 0. The summed E-state index contributed by atoms with van der Waals surface area (Å²) < 4.78 is 5.37. The van der Waals surface area contributed by atoms with Crippen LogP contribution in [0.15, 0.2) is 54.9 Å². The summed E-state index contributed by atoms with van der Waals surface area (Å²) in [4.78, 5) is 8.65. The molecule has 3 aromatic rings. The number of nitrogens with zero attached hydrogens (tertiary/aromatic N) is 2. The highest BCUT2D eigenvalue weighted by molar-refractivity contribution is 5.86. The molecule has 18 heavy (non-hydrogen) atoms. The molecule has 0 aliphatic rings. The van der Waals surface area contributed by atoms with Crippen LogP contribution in [0.1, 0.15) is 0 Å². The molecule has 0 N–H and O–H groups in total. The Kier molecular flexibility index (Phi) is 2.65. The van der Waals surface area contributed by atoms with Gasteiger partial charge in [0.25, 0.3) is 0 Å². The summed E-state index contributed by atoms with van der Waals surface area (Å²) in [5, 5.41) is 1.09. The van der Waals surface area contributed by atoms with Crippen molar-refractivity contribution in [1.82, 2.24) is 9.97 Å². The van der Waals surface area contributed by atoms with E-state index in [0.29, 0.717) is 5.88 Å². The van der Waals surface area contributed by atoms with Gasteiger partial charge in [0, 0.05) is 28.9 Å².